The number of carboxylic acids is 1. The average molecular weight is 309 g/mol. The van der Waals surface area contributed by atoms with E-state index in [4.69, 9.17) is 14.6 Å². The second-order valence-corrected chi connectivity index (χ2v) is 4.64. The molecule has 0 aliphatic carbocycles. The summed E-state index contributed by atoms with van der Waals surface area (Å²) < 4.78 is 9.64. The lowest BCUT2D eigenvalue weighted by Crippen LogP contribution is -2.40. The zero-order chi connectivity index (χ0) is 16.5. The smallest absolute Gasteiger partial charge is 0.480 e. The minimum Gasteiger partial charge on any atom is -0.480 e. The summed E-state index contributed by atoms with van der Waals surface area (Å²) in [4.78, 5) is 34.9. The Morgan fingerprint density at radius 1 is 1.18 bits per heavy atom. The van der Waals surface area contributed by atoms with Crippen molar-refractivity contribution in [1.29, 1.82) is 0 Å². The highest BCUT2D eigenvalue weighted by Crippen LogP contribution is 2.03. The monoisotopic (exact) mass is 309 g/mol. The van der Waals surface area contributed by atoms with E-state index in [1.54, 1.807) is 12.1 Å². The minimum atomic E-state index is -1.10. The molecule has 0 aliphatic rings. The molecule has 0 heterocycles. The van der Waals surface area contributed by atoms with Gasteiger partial charge in [-0.05, 0) is 12.5 Å². The summed E-state index contributed by atoms with van der Waals surface area (Å²) in [5, 5.41) is 8.79. The number of carbonyl (C=O) groups is 3. The van der Waals surface area contributed by atoms with Crippen LogP contribution in [0.2, 0.25) is 0 Å². The number of benzene rings is 1. The Bertz CT molecular complexity index is 516. The first-order chi connectivity index (χ1) is 10.4. The van der Waals surface area contributed by atoms with Crippen LogP contribution in [0.1, 0.15) is 18.9 Å². The van der Waals surface area contributed by atoms with Crippen molar-refractivity contribution in [3.8, 4) is 0 Å². The molecule has 0 bridgehead atoms. The van der Waals surface area contributed by atoms with E-state index in [2.05, 4.69) is 0 Å². The SMILES string of the molecule is C[C@@H](C(=O)O)N(C)C(=O)CCOC(=O)OCc1ccccc1. The molecule has 7 nitrogen and oxygen atoms in total. The molecule has 1 N–H and O–H groups in total. The van der Waals surface area contributed by atoms with Crippen molar-refractivity contribution in [3.05, 3.63) is 35.9 Å². The first-order valence-corrected chi connectivity index (χ1v) is 6.73. The van der Waals surface area contributed by atoms with E-state index in [9.17, 15) is 14.4 Å². The first-order valence-electron chi connectivity index (χ1n) is 6.73. The topological polar surface area (TPSA) is 93.1 Å². The van der Waals surface area contributed by atoms with Crippen LogP contribution < -0.4 is 0 Å². The average Bonchev–Trinajstić information content (AvgIpc) is 2.52. The van der Waals surface area contributed by atoms with Gasteiger partial charge in [-0.1, -0.05) is 30.3 Å². The summed E-state index contributed by atoms with van der Waals surface area (Å²) in [6.07, 6.45) is -0.972. The summed E-state index contributed by atoms with van der Waals surface area (Å²) >= 11 is 0. The Morgan fingerprint density at radius 2 is 1.82 bits per heavy atom. The van der Waals surface area contributed by atoms with Crippen LogP contribution in [0.4, 0.5) is 4.79 Å². The molecule has 0 unspecified atom stereocenters. The molecule has 1 amide bonds. The predicted molar refractivity (Wildman–Crippen MR) is 77.1 cm³/mol. The lowest BCUT2D eigenvalue weighted by molar-refractivity contribution is -0.148. The normalized spacial score (nSPS) is 11.4. The van der Waals surface area contributed by atoms with Gasteiger partial charge in [-0.15, -0.1) is 0 Å². The number of ether oxygens (including phenoxy) is 2. The van der Waals surface area contributed by atoms with Crippen molar-refractivity contribution in [3.63, 3.8) is 0 Å². The molecule has 7 heteroatoms. The third kappa shape index (κ3) is 5.82. The maximum absolute atomic E-state index is 11.7. The van der Waals surface area contributed by atoms with Gasteiger partial charge in [0.25, 0.3) is 0 Å². The molecule has 1 atom stereocenters. The molecule has 0 aliphatic heterocycles. The molecule has 0 saturated heterocycles. The van der Waals surface area contributed by atoms with E-state index >= 15 is 0 Å². The second-order valence-electron chi connectivity index (χ2n) is 4.64. The largest absolute Gasteiger partial charge is 0.508 e. The van der Waals surface area contributed by atoms with E-state index in [0.717, 1.165) is 10.5 Å². The molecule has 1 aromatic carbocycles. The molecular weight excluding hydrogens is 290 g/mol. The number of likely N-dealkylation sites (N-methyl/N-ethyl adjacent to an activating group) is 1. The van der Waals surface area contributed by atoms with E-state index in [-0.39, 0.29) is 19.6 Å². The number of carbonyl (C=O) groups excluding carboxylic acids is 2. The quantitative estimate of drug-likeness (QED) is 0.770. The molecule has 0 fully saturated rings. The fourth-order valence-corrected chi connectivity index (χ4v) is 1.54. The fourth-order valence-electron chi connectivity index (χ4n) is 1.54. The van der Waals surface area contributed by atoms with Crippen LogP contribution in [0.5, 0.6) is 0 Å². The van der Waals surface area contributed by atoms with Crippen LogP contribution in [0, 0.1) is 0 Å². The van der Waals surface area contributed by atoms with E-state index in [1.165, 1.54) is 14.0 Å². The Labute approximate surface area is 128 Å². The molecule has 120 valence electrons. The van der Waals surface area contributed by atoms with E-state index < -0.39 is 24.1 Å². The summed E-state index contributed by atoms with van der Waals surface area (Å²) in [6, 6.07) is 8.17. The van der Waals surface area contributed by atoms with Gasteiger partial charge in [0.2, 0.25) is 5.91 Å². The summed E-state index contributed by atoms with van der Waals surface area (Å²) in [5.74, 6) is -1.52. The van der Waals surface area contributed by atoms with Crippen LogP contribution in [0.3, 0.4) is 0 Å². The zero-order valence-electron chi connectivity index (χ0n) is 12.5. The third-order valence-corrected chi connectivity index (χ3v) is 3.07. The molecule has 1 rings (SSSR count). The van der Waals surface area contributed by atoms with Crippen molar-refractivity contribution in [2.75, 3.05) is 13.7 Å². The van der Waals surface area contributed by atoms with Gasteiger partial charge in [-0.3, -0.25) is 4.79 Å². The molecule has 22 heavy (non-hydrogen) atoms. The number of amides is 1. The lowest BCUT2D eigenvalue weighted by atomic mass is 10.2. The van der Waals surface area contributed by atoms with Gasteiger partial charge in [0.1, 0.15) is 19.3 Å². The van der Waals surface area contributed by atoms with Gasteiger partial charge in [-0.2, -0.15) is 0 Å². The predicted octanol–water partition coefficient (Wildman–Crippen LogP) is 1.66. The zero-order valence-corrected chi connectivity index (χ0v) is 12.5. The number of rotatable bonds is 7. The van der Waals surface area contributed by atoms with Crippen molar-refractivity contribution >= 4 is 18.0 Å². The number of aliphatic carboxylic acids is 1. The maximum atomic E-state index is 11.7. The standard InChI is InChI=1S/C15H19NO6/c1-11(14(18)19)16(2)13(17)8-9-21-15(20)22-10-12-6-4-3-5-7-12/h3-7,11H,8-10H2,1-2H3,(H,18,19)/t11-/m0/s1. The highest BCUT2D eigenvalue weighted by molar-refractivity contribution is 5.83. The van der Waals surface area contributed by atoms with Crippen LogP contribution in [0.15, 0.2) is 30.3 Å². The minimum absolute atomic E-state index is 0.0869. The van der Waals surface area contributed by atoms with Crippen LogP contribution in [-0.4, -0.2) is 47.7 Å². The van der Waals surface area contributed by atoms with Crippen molar-refractivity contribution in [2.24, 2.45) is 0 Å². The van der Waals surface area contributed by atoms with Crippen LogP contribution >= 0.6 is 0 Å². The van der Waals surface area contributed by atoms with E-state index in [0.29, 0.717) is 0 Å². The van der Waals surface area contributed by atoms with Crippen molar-refractivity contribution in [1.82, 2.24) is 4.90 Å². The van der Waals surface area contributed by atoms with Crippen LogP contribution in [0.25, 0.3) is 0 Å². The maximum Gasteiger partial charge on any atom is 0.508 e. The summed E-state index contributed by atoms with van der Waals surface area (Å²) in [7, 11) is 1.38. The summed E-state index contributed by atoms with van der Waals surface area (Å²) in [6.45, 7) is 1.32. The van der Waals surface area contributed by atoms with Crippen molar-refractivity contribution in [2.45, 2.75) is 26.0 Å². The highest BCUT2D eigenvalue weighted by atomic mass is 16.7. The Kier molecular flexibility index (Phi) is 6.88. The second kappa shape index (κ2) is 8.66. The van der Waals surface area contributed by atoms with Crippen molar-refractivity contribution < 1.29 is 29.0 Å². The number of carboxylic acid groups (broad SMARTS) is 1. The van der Waals surface area contributed by atoms with Gasteiger partial charge in [0, 0.05) is 7.05 Å². The Balaban J connectivity index is 2.24. The van der Waals surface area contributed by atoms with Gasteiger partial charge in [0.05, 0.1) is 6.42 Å². The van der Waals surface area contributed by atoms with Crippen LogP contribution in [-0.2, 0) is 25.7 Å². The van der Waals surface area contributed by atoms with Gasteiger partial charge < -0.3 is 19.5 Å². The molecule has 0 saturated carbocycles. The van der Waals surface area contributed by atoms with Gasteiger partial charge >= 0.3 is 12.1 Å². The fraction of sp³-hybridized carbons (Fsp3) is 0.400. The number of hydrogen-bond donors (Lipinski definition) is 1. The molecule has 0 radical (unpaired) electrons. The summed E-state index contributed by atoms with van der Waals surface area (Å²) in [5.41, 5.74) is 0.825. The molecule has 1 aromatic rings. The molecule has 0 aromatic heterocycles. The molecular formula is C15H19NO6. The van der Waals surface area contributed by atoms with Gasteiger partial charge in [0.15, 0.2) is 0 Å². The Hall–Kier alpha value is -2.57. The Morgan fingerprint density at radius 3 is 2.41 bits per heavy atom. The first kappa shape index (κ1) is 17.5. The number of nitrogens with zero attached hydrogens (tertiary/aromatic N) is 1. The lowest BCUT2D eigenvalue weighted by Gasteiger charge is -2.21. The molecule has 0 spiro atoms. The number of hydrogen-bond acceptors (Lipinski definition) is 5. The van der Waals surface area contributed by atoms with E-state index in [1.807, 2.05) is 18.2 Å². The highest BCUT2D eigenvalue weighted by Gasteiger charge is 2.21. The third-order valence-electron chi connectivity index (χ3n) is 3.07. The van der Waals surface area contributed by atoms with Gasteiger partial charge in [-0.25, -0.2) is 9.59 Å².